The number of carbonyl (C=O) groups excluding carboxylic acids is 1. The summed E-state index contributed by atoms with van der Waals surface area (Å²) in [5.41, 5.74) is 0. The lowest BCUT2D eigenvalue weighted by Gasteiger charge is -2.33. The third-order valence-electron chi connectivity index (χ3n) is 3.63. The van der Waals surface area contributed by atoms with E-state index in [2.05, 4.69) is 5.16 Å². The monoisotopic (exact) mass is 266 g/mol. The first-order valence-corrected chi connectivity index (χ1v) is 7.06. The van der Waals surface area contributed by atoms with Gasteiger partial charge in [-0.15, -0.1) is 0 Å². The van der Waals surface area contributed by atoms with Crippen LogP contribution in [-0.2, 0) is 4.79 Å². The number of ether oxygens (including phenoxy) is 1. The summed E-state index contributed by atoms with van der Waals surface area (Å²) in [6.07, 6.45) is 5.96. The molecule has 1 aromatic heterocycles. The van der Waals surface area contributed by atoms with E-state index in [0.29, 0.717) is 17.7 Å². The summed E-state index contributed by atoms with van der Waals surface area (Å²) < 4.78 is 10.3. The Balaban J connectivity index is 1.85. The lowest BCUT2D eigenvalue weighted by Crippen LogP contribution is -2.43. The molecule has 1 heterocycles. The molecule has 1 saturated carbocycles. The Morgan fingerprint density at radius 3 is 2.79 bits per heavy atom. The van der Waals surface area contributed by atoms with Crippen LogP contribution in [0.15, 0.2) is 10.6 Å². The Morgan fingerprint density at radius 1 is 1.47 bits per heavy atom. The number of nitrogens with zero attached hydrogens (tertiary/aromatic N) is 2. The van der Waals surface area contributed by atoms with Crippen molar-refractivity contribution in [2.45, 2.75) is 52.0 Å². The molecular weight excluding hydrogens is 244 g/mol. The van der Waals surface area contributed by atoms with Gasteiger partial charge in [-0.25, -0.2) is 0 Å². The summed E-state index contributed by atoms with van der Waals surface area (Å²) in [5, 5.41) is 3.72. The summed E-state index contributed by atoms with van der Waals surface area (Å²) in [7, 11) is 0. The predicted molar refractivity (Wildman–Crippen MR) is 71.0 cm³/mol. The predicted octanol–water partition coefficient (Wildman–Crippen LogP) is 2.54. The van der Waals surface area contributed by atoms with Crippen LogP contribution in [0.1, 0.15) is 44.8 Å². The number of hydrogen-bond donors (Lipinski definition) is 0. The molecule has 2 rings (SSSR count). The van der Waals surface area contributed by atoms with Crippen LogP contribution in [0, 0.1) is 6.92 Å². The molecule has 19 heavy (non-hydrogen) atoms. The molecular formula is C14H22N2O3. The van der Waals surface area contributed by atoms with Crippen molar-refractivity contribution in [2.24, 2.45) is 0 Å². The summed E-state index contributed by atoms with van der Waals surface area (Å²) in [4.78, 5) is 14.1. The van der Waals surface area contributed by atoms with Crippen LogP contribution in [0.2, 0.25) is 0 Å². The molecule has 106 valence electrons. The van der Waals surface area contributed by atoms with Gasteiger partial charge < -0.3 is 14.2 Å². The van der Waals surface area contributed by atoms with Gasteiger partial charge in [0.1, 0.15) is 5.76 Å². The molecule has 1 aliphatic carbocycles. The van der Waals surface area contributed by atoms with Crippen LogP contribution in [-0.4, -0.2) is 35.2 Å². The van der Waals surface area contributed by atoms with Crippen LogP contribution < -0.4 is 4.74 Å². The quantitative estimate of drug-likeness (QED) is 0.821. The third kappa shape index (κ3) is 3.72. The largest absolute Gasteiger partial charge is 0.465 e. The summed E-state index contributed by atoms with van der Waals surface area (Å²) >= 11 is 0. The first-order valence-electron chi connectivity index (χ1n) is 7.06. The van der Waals surface area contributed by atoms with Crippen LogP contribution >= 0.6 is 0 Å². The van der Waals surface area contributed by atoms with Gasteiger partial charge in [-0.1, -0.05) is 19.3 Å². The van der Waals surface area contributed by atoms with Gasteiger partial charge in [0.25, 0.3) is 11.8 Å². The lowest BCUT2D eigenvalue weighted by molar-refractivity contribution is -0.136. The zero-order valence-electron chi connectivity index (χ0n) is 11.7. The minimum atomic E-state index is 0.0371. The average molecular weight is 266 g/mol. The Morgan fingerprint density at radius 2 is 2.21 bits per heavy atom. The zero-order chi connectivity index (χ0) is 13.7. The van der Waals surface area contributed by atoms with E-state index < -0.39 is 0 Å². The molecule has 0 spiro atoms. The molecule has 0 atom stereocenters. The molecule has 0 aliphatic heterocycles. The summed E-state index contributed by atoms with van der Waals surface area (Å²) in [6, 6.07) is 2.07. The van der Waals surface area contributed by atoms with Crippen molar-refractivity contribution in [1.29, 1.82) is 0 Å². The van der Waals surface area contributed by atoms with Crippen LogP contribution in [0.25, 0.3) is 0 Å². The lowest BCUT2D eigenvalue weighted by atomic mass is 9.94. The maximum atomic E-state index is 12.2. The van der Waals surface area contributed by atoms with E-state index in [1.54, 1.807) is 13.0 Å². The molecule has 0 N–H and O–H groups in total. The summed E-state index contributed by atoms with van der Waals surface area (Å²) in [5.74, 6) is 1.10. The molecule has 1 aromatic rings. The average Bonchev–Trinajstić information content (AvgIpc) is 2.84. The molecule has 0 radical (unpaired) electrons. The van der Waals surface area contributed by atoms with Gasteiger partial charge in [-0.05, 0) is 31.8 Å². The number of hydrogen-bond acceptors (Lipinski definition) is 4. The zero-order valence-corrected chi connectivity index (χ0v) is 11.7. The maximum absolute atomic E-state index is 12.2. The van der Waals surface area contributed by atoms with Crippen molar-refractivity contribution < 1.29 is 14.1 Å². The Bertz CT molecular complexity index is 411. The van der Waals surface area contributed by atoms with E-state index >= 15 is 0 Å². The van der Waals surface area contributed by atoms with E-state index in [9.17, 15) is 4.79 Å². The number of rotatable bonds is 5. The van der Waals surface area contributed by atoms with E-state index in [1.165, 1.54) is 19.3 Å². The first kappa shape index (κ1) is 13.9. The number of aryl methyl sites for hydroxylation is 1. The van der Waals surface area contributed by atoms with Crippen molar-refractivity contribution in [3.63, 3.8) is 0 Å². The molecule has 1 fully saturated rings. The number of aromatic nitrogens is 1. The van der Waals surface area contributed by atoms with Crippen molar-refractivity contribution in [3.05, 3.63) is 11.8 Å². The molecule has 5 nitrogen and oxygen atoms in total. The minimum Gasteiger partial charge on any atom is -0.465 e. The molecule has 1 aliphatic rings. The molecule has 1 amide bonds. The van der Waals surface area contributed by atoms with E-state index in [1.807, 2.05) is 11.8 Å². The second-order valence-electron chi connectivity index (χ2n) is 5.04. The molecule has 0 aromatic carbocycles. The van der Waals surface area contributed by atoms with Crippen LogP contribution in [0.4, 0.5) is 0 Å². The fourth-order valence-corrected chi connectivity index (χ4v) is 2.66. The number of likely N-dealkylation sites (N-methyl/N-ethyl adjacent to an activating group) is 1. The summed E-state index contributed by atoms with van der Waals surface area (Å²) in [6.45, 7) is 4.59. The van der Waals surface area contributed by atoms with Gasteiger partial charge in [0.15, 0.2) is 6.61 Å². The van der Waals surface area contributed by atoms with Gasteiger partial charge >= 0.3 is 0 Å². The fraction of sp³-hybridized carbons (Fsp3) is 0.714. The SMILES string of the molecule is CCN(C(=O)COc1cc(C)on1)C1CCCCC1. The highest BCUT2D eigenvalue weighted by Gasteiger charge is 2.24. The topological polar surface area (TPSA) is 55.6 Å². The molecule has 0 unspecified atom stereocenters. The van der Waals surface area contributed by atoms with Crippen molar-refractivity contribution >= 4 is 5.91 Å². The smallest absolute Gasteiger partial charge is 0.260 e. The number of amides is 1. The molecule has 0 saturated heterocycles. The van der Waals surface area contributed by atoms with Crippen molar-refractivity contribution in [1.82, 2.24) is 10.1 Å². The van der Waals surface area contributed by atoms with Crippen LogP contribution in [0.3, 0.4) is 0 Å². The Hall–Kier alpha value is -1.52. The van der Waals surface area contributed by atoms with Crippen LogP contribution in [0.5, 0.6) is 5.88 Å². The first-order chi connectivity index (χ1) is 9.20. The van der Waals surface area contributed by atoms with Crippen molar-refractivity contribution in [2.75, 3.05) is 13.2 Å². The second-order valence-corrected chi connectivity index (χ2v) is 5.04. The fourth-order valence-electron chi connectivity index (χ4n) is 2.66. The second kappa shape index (κ2) is 6.59. The minimum absolute atomic E-state index is 0.0371. The van der Waals surface area contributed by atoms with Gasteiger partial charge in [0, 0.05) is 18.7 Å². The third-order valence-corrected chi connectivity index (χ3v) is 3.63. The standard InChI is InChI=1S/C14H22N2O3/c1-3-16(12-7-5-4-6-8-12)14(17)10-18-13-9-11(2)19-15-13/h9,12H,3-8,10H2,1-2H3. The van der Waals surface area contributed by atoms with E-state index in [-0.39, 0.29) is 12.5 Å². The maximum Gasteiger partial charge on any atom is 0.260 e. The van der Waals surface area contributed by atoms with Crippen molar-refractivity contribution in [3.8, 4) is 5.88 Å². The molecule has 0 bridgehead atoms. The van der Waals surface area contributed by atoms with Gasteiger partial charge in [-0.2, -0.15) is 0 Å². The Labute approximate surface area is 113 Å². The molecule has 5 heteroatoms. The number of carbonyl (C=O) groups is 1. The normalized spacial score (nSPS) is 16.3. The van der Waals surface area contributed by atoms with Gasteiger partial charge in [-0.3, -0.25) is 4.79 Å². The Kier molecular flexibility index (Phi) is 4.82. The van der Waals surface area contributed by atoms with E-state index in [4.69, 9.17) is 9.26 Å². The highest BCUT2D eigenvalue weighted by molar-refractivity contribution is 5.78. The van der Waals surface area contributed by atoms with Gasteiger partial charge in [0.2, 0.25) is 0 Å². The van der Waals surface area contributed by atoms with Gasteiger partial charge in [0.05, 0.1) is 0 Å². The highest BCUT2D eigenvalue weighted by atomic mass is 16.5. The van der Waals surface area contributed by atoms with E-state index in [0.717, 1.165) is 19.4 Å². The highest BCUT2D eigenvalue weighted by Crippen LogP contribution is 2.22.